The Labute approximate surface area is 110 Å². The Balaban J connectivity index is 2.00. The highest BCUT2D eigenvalue weighted by Gasteiger charge is 2.11. The third-order valence-electron chi connectivity index (χ3n) is 3.55. The highest BCUT2D eigenvalue weighted by atomic mass is 16.3. The first-order valence-electron chi connectivity index (χ1n) is 6.91. The van der Waals surface area contributed by atoms with E-state index in [-0.39, 0.29) is 6.10 Å². The molecule has 2 rings (SSSR count). The van der Waals surface area contributed by atoms with Crippen LogP contribution in [0.25, 0.3) is 0 Å². The molecule has 18 heavy (non-hydrogen) atoms. The molecule has 0 spiro atoms. The van der Waals surface area contributed by atoms with Crippen molar-refractivity contribution in [2.24, 2.45) is 0 Å². The van der Waals surface area contributed by atoms with Crippen LogP contribution in [-0.2, 0) is 0 Å². The molecule has 0 radical (unpaired) electrons. The van der Waals surface area contributed by atoms with Gasteiger partial charge < -0.3 is 14.9 Å². The highest BCUT2D eigenvalue weighted by molar-refractivity contribution is 5.56. The van der Waals surface area contributed by atoms with Crippen LogP contribution in [0.5, 0.6) is 0 Å². The summed E-state index contributed by atoms with van der Waals surface area (Å²) in [5.74, 6) is 0. The number of rotatable bonds is 4. The molecule has 1 fully saturated rings. The van der Waals surface area contributed by atoms with Gasteiger partial charge in [0.05, 0.1) is 6.10 Å². The van der Waals surface area contributed by atoms with Gasteiger partial charge in [-0.3, -0.25) is 0 Å². The van der Waals surface area contributed by atoms with E-state index in [4.69, 9.17) is 0 Å². The van der Waals surface area contributed by atoms with E-state index in [1.807, 2.05) is 14.0 Å². The fourth-order valence-corrected chi connectivity index (χ4v) is 2.57. The minimum atomic E-state index is -0.295. The van der Waals surface area contributed by atoms with Crippen LogP contribution in [0.4, 0.5) is 11.4 Å². The molecule has 1 atom stereocenters. The minimum Gasteiger partial charge on any atom is -0.392 e. The average Bonchev–Trinajstić information content (AvgIpc) is 2.39. The van der Waals surface area contributed by atoms with Crippen LogP contribution < -0.4 is 9.80 Å². The van der Waals surface area contributed by atoms with Gasteiger partial charge in [-0.2, -0.15) is 0 Å². The maximum Gasteiger partial charge on any atom is 0.0686 e. The zero-order chi connectivity index (χ0) is 13.0. The van der Waals surface area contributed by atoms with Gasteiger partial charge in [0, 0.05) is 38.1 Å². The first kappa shape index (κ1) is 13.2. The minimum absolute atomic E-state index is 0.295. The lowest BCUT2D eigenvalue weighted by molar-refractivity contribution is 0.201. The van der Waals surface area contributed by atoms with E-state index in [1.165, 1.54) is 38.0 Å². The zero-order valence-electron chi connectivity index (χ0n) is 11.5. The molecule has 0 aliphatic carbocycles. The number of anilines is 2. The van der Waals surface area contributed by atoms with Crippen molar-refractivity contribution in [3.63, 3.8) is 0 Å². The summed E-state index contributed by atoms with van der Waals surface area (Å²) < 4.78 is 0. The van der Waals surface area contributed by atoms with Crippen molar-refractivity contribution >= 4 is 11.4 Å². The second-order valence-electron chi connectivity index (χ2n) is 5.29. The van der Waals surface area contributed by atoms with Crippen LogP contribution in [-0.4, -0.2) is 37.9 Å². The number of hydrogen-bond donors (Lipinski definition) is 1. The molecule has 0 amide bonds. The third-order valence-corrected chi connectivity index (χ3v) is 3.55. The molecule has 0 saturated carbocycles. The number of likely N-dealkylation sites (N-methyl/N-ethyl adjacent to an activating group) is 1. The fourth-order valence-electron chi connectivity index (χ4n) is 2.57. The average molecular weight is 248 g/mol. The Kier molecular flexibility index (Phi) is 4.48. The lowest BCUT2D eigenvalue weighted by atomic mass is 10.1. The molecular formula is C15H24N2O. The second-order valence-corrected chi connectivity index (χ2v) is 5.29. The number of aliphatic hydroxyl groups excluding tert-OH is 1. The van der Waals surface area contributed by atoms with Crippen molar-refractivity contribution in [3.8, 4) is 0 Å². The highest BCUT2D eigenvalue weighted by Crippen LogP contribution is 2.23. The fraction of sp³-hybridized carbons (Fsp3) is 0.600. The molecule has 1 aromatic carbocycles. The summed E-state index contributed by atoms with van der Waals surface area (Å²) in [7, 11) is 2.02. The van der Waals surface area contributed by atoms with Crippen molar-refractivity contribution < 1.29 is 5.11 Å². The molecule has 3 nitrogen and oxygen atoms in total. The molecule has 1 unspecified atom stereocenters. The van der Waals surface area contributed by atoms with E-state index in [0.717, 1.165) is 5.69 Å². The van der Waals surface area contributed by atoms with Gasteiger partial charge in [-0.15, -0.1) is 0 Å². The predicted molar refractivity (Wildman–Crippen MR) is 77.5 cm³/mol. The summed E-state index contributed by atoms with van der Waals surface area (Å²) in [6, 6.07) is 8.68. The van der Waals surface area contributed by atoms with Crippen LogP contribution in [0.3, 0.4) is 0 Å². The summed E-state index contributed by atoms with van der Waals surface area (Å²) in [5, 5.41) is 9.39. The Morgan fingerprint density at radius 3 is 2.33 bits per heavy atom. The molecule has 1 aliphatic heterocycles. The molecule has 1 heterocycles. The third kappa shape index (κ3) is 3.39. The molecule has 3 heteroatoms. The summed E-state index contributed by atoms with van der Waals surface area (Å²) in [6.45, 7) is 4.85. The standard InChI is InChI=1S/C15H24N2O/c1-13(18)12-16(2)14-6-8-15(9-7-14)17-10-4-3-5-11-17/h6-9,13,18H,3-5,10-12H2,1-2H3. The van der Waals surface area contributed by atoms with Gasteiger partial charge in [-0.05, 0) is 50.5 Å². The maximum atomic E-state index is 9.39. The number of aliphatic hydroxyl groups is 1. The first-order valence-corrected chi connectivity index (χ1v) is 6.91. The molecule has 0 aromatic heterocycles. The van der Waals surface area contributed by atoms with Crippen LogP contribution in [0.15, 0.2) is 24.3 Å². The topological polar surface area (TPSA) is 26.7 Å². The van der Waals surface area contributed by atoms with E-state index >= 15 is 0 Å². The molecular weight excluding hydrogens is 224 g/mol. The van der Waals surface area contributed by atoms with Gasteiger partial charge in [0.15, 0.2) is 0 Å². The van der Waals surface area contributed by atoms with E-state index in [2.05, 4.69) is 34.1 Å². The van der Waals surface area contributed by atoms with Gasteiger partial charge in [0.25, 0.3) is 0 Å². The first-order chi connectivity index (χ1) is 8.66. The van der Waals surface area contributed by atoms with Gasteiger partial charge in [-0.1, -0.05) is 0 Å². The normalized spacial score (nSPS) is 17.6. The van der Waals surface area contributed by atoms with Crippen molar-refractivity contribution in [2.75, 3.05) is 36.5 Å². The predicted octanol–water partition coefficient (Wildman–Crippen LogP) is 2.49. The number of benzene rings is 1. The Morgan fingerprint density at radius 2 is 1.78 bits per heavy atom. The van der Waals surface area contributed by atoms with Crippen LogP contribution >= 0.6 is 0 Å². The summed E-state index contributed by atoms with van der Waals surface area (Å²) in [6.07, 6.45) is 3.69. The van der Waals surface area contributed by atoms with Crippen LogP contribution in [0.1, 0.15) is 26.2 Å². The molecule has 1 aliphatic rings. The maximum absolute atomic E-state index is 9.39. The van der Waals surface area contributed by atoms with Crippen molar-refractivity contribution in [2.45, 2.75) is 32.3 Å². The number of hydrogen-bond acceptors (Lipinski definition) is 3. The smallest absolute Gasteiger partial charge is 0.0686 e. The zero-order valence-corrected chi connectivity index (χ0v) is 11.5. The lowest BCUT2D eigenvalue weighted by Crippen LogP contribution is -2.29. The molecule has 100 valence electrons. The van der Waals surface area contributed by atoms with Crippen LogP contribution in [0, 0.1) is 0 Å². The SMILES string of the molecule is CC(O)CN(C)c1ccc(N2CCCCC2)cc1. The summed E-state index contributed by atoms with van der Waals surface area (Å²) in [5.41, 5.74) is 2.49. The molecule has 1 N–H and O–H groups in total. The van der Waals surface area contributed by atoms with Crippen LogP contribution in [0.2, 0.25) is 0 Å². The molecule has 1 aromatic rings. The van der Waals surface area contributed by atoms with Gasteiger partial charge in [0.2, 0.25) is 0 Å². The van der Waals surface area contributed by atoms with E-state index in [9.17, 15) is 5.11 Å². The van der Waals surface area contributed by atoms with E-state index < -0.39 is 0 Å². The second kappa shape index (κ2) is 6.10. The number of piperidine rings is 1. The number of nitrogens with zero attached hydrogens (tertiary/aromatic N) is 2. The van der Waals surface area contributed by atoms with Crippen molar-refractivity contribution in [1.82, 2.24) is 0 Å². The van der Waals surface area contributed by atoms with E-state index in [1.54, 1.807) is 0 Å². The largest absolute Gasteiger partial charge is 0.392 e. The summed E-state index contributed by atoms with van der Waals surface area (Å²) in [4.78, 5) is 4.55. The monoisotopic (exact) mass is 248 g/mol. The van der Waals surface area contributed by atoms with Gasteiger partial charge in [-0.25, -0.2) is 0 Å². The van der Waals surface area contributed by atoms with Crippen molar-refractivity contribution in [3.05, 3.63) is 24.3 Å². The molecule has 1 saturated heterocycles. The molecule has 0 bridgehead atoms. The Bertz CT molecular complexity index is 355. The van der Waals surface area contributed by atoms with Gasteiger partial charge in [0.1, 0.15) is 0 Å². The Hall–Kier alpha value is -1.22. The lowest BCUT2D eigenvalue weighted by Gasteiger charge is -2.29. The quantitative estimate of drug-likeness (QED) is 0.887. The summed E-state index contributed by atoms with van der Waals surface area (Å²) >= 11 is 0. The van der Waals surface area contributed by atoms with E-state index in [0.29, 0.717) is 6.54 Å². The Morgan fingerprint density at radius 1 is 1.17 bits per heavy atom. The van der Waals surface area contributed by atoms with Gasteiger partial charge >= 0.3 is 0 Å². The van der Waals surface area contributed by atoms with Crippen molar-refractivity contribution in [1.29, 1.82) is 0 Å².